The fraction of sp³-hybridized carbons (Fsp3) is 0. The summed E-state index contributed by atoms with van der Waals surface area (Å²) in [5.41, 5.74) is 6.60. The Morgan fingerprint density at radius 1 is 1.10 bits per heavy atom. The summed E-state index contributed by atoms with van der Waals surface area (Å²) in [4.78, 5) is 30.0. The lowest BCUT2D eigenvalue weighted by molar-refractivity contribution is -0.384. The number of anilines is 1. The van der Waals surface area contributed by atoms with Crippen molar-refractivity contribution in [2.24, 2.45) is 0 Å². The fourth-order valence-corrected chi connectivity index (χ4v) is 1.30. The number of rotatable bonds is 3. The number of nitro benzene ring substituents is 1. The summed E-state index contributed by atoms with van der Waals surface area (Å²) < 4.78 is 0. The number of benzene rings is 2. The Labute approximate surface area is 119 Å². The van der Waals surface area contributed by atoms with Crippen LogP contribution in [-0.4, -0.2) is 22.3 Å². The second-order valence-electron chi connectivity index (χ2n) is 3.89. The third-order valence-electron chi connectivity index (χ3n) is 2.40. The van der Waals surface area contributed by atoms with E-state index in [1.54, 1.807) is 12.1 Å². The average Bonchev–Trinajstić information content (AvgIpc) is 2.48. The Morgan fingerprint density at radius 2 is 1.62 bits per heavy atom. The third kappa shape index (κ3) is 5.11. The van der Waals surface area contributed by atoms with Crippen molar-refractivity contribution >= 4 is 23.6 Å². The summed E-state index contributed by atoms with van der Waals surface area (Å²) in [5.74, 6) is -0.931. The first-order chi connectivity index (χ1) is 9.93. The molecule has 2 aromatic carbocycles. The number of aldehydes is 1. The van der Waals surface area contributed by atoms with Crippen LogP contribution < -0.4 is 5.73 Å². The van der Waals surface area contributed by atoms with Crippen molar-refractivity contribution < 1.29 is 19.6 Å². The summed E-state index contributed by atoms with van der Waals surface area (Å²) in [5, 5.41) is 18.6. The quantitative estimate of drug-likeness (QED) is 0.386. The van der Waals surface area contributed by atoms with Gasteiger partial charge in [0, 0.05) is 23.4 Å². The SMILES string of the molecule is Nc1ccc(C(=O)O)cc1.O=Cc1ccc([N+](=O)[O-])cc1. The van der Waals surface area contributed by atoms with E-state index in [0.717, 1.165) is 0 Å². The summed E-state index contributed by atoms with van der Waals surface area (Å²) in [6.07, 6.45) is 0.643. The third-order valence-corrected chi connectivity index (χ3v) is 2.40. The number of non-ortho nitro benzene ring substituents is 1. The lowest BCUT2D eigenvalue weighted by Crippen LogP contribution is -1.95. The molecule has 0 spiro atoms. The van der Waals surface area contributed by atoms with Gasteiger partial charge in [-0.05, 0) is 36.4 Å². The molecule has 0 saturated heterocycles. The Morgan fingerprint density at radius 3 is 2.00 bits per heavy atom. The van der Waals surface area contributed by atoms with Crippen LogP contribution in [0.1, 0.15) is 20.7 Å². The molecule has 0 saturated carbocycles. The highest BCUT2D eigenvalue weighted by Gasteiger charge is 2.02. The van der Waals surface area contributed by atoms with Crippen LogP contribution in [0, 0.1) is 10.1 Å². The van der Waals surface area contributed by atoms with E-state index in [-0.39, 0.29) is 11.3 Å². The number of hydrogen-bond donors (Lipinski definition) is 2. The lowest BCUT2D eigenvalue weighted by atomic mass is 10.2. The molecule has 7 heteroatoms. The van der Waals surface area contributed by atoms with E-state index in [1.165, 1.54) is 36.4 Å². The van der Waals surface area contributed by atoms with Gasteiger partial charge in [0.2, 0.25) is 0 Å². The molecule has 0 aliphatic carbocycles. The van der Waals surface area contributed by atoms with Crippen LogP contribution >= 0.6 is 0 Å². The predicted octanol–water partition coefficient (Wildman–Crippen LogP) is 2.37. The molecule has 0 amide bonds. The maximum absolute atomic E-state index is 10.3. The maximum atomic E-state index is 10.3. The number of carbonyl (C=O) groups is 2. The van der Waals surface area contributed by atoms with Crippen LogP contribution in [0.25, 0.3) is 0 Å². The number of nitrogens with two attached hydrogens (primary N) is 1. The maximum Gasteiger partial charge on any atom is 0.335 e. The van der Waals surface area contributed by atoms with Crippen molar-refractivity contribution in [3.05, 3.63) is 69.8 Å². The summed E-state index contributed by atoms with van der Waals surface area (Å²) in [6, 6.07) is 11.5. The molecule has 108 valence electrons. The molecular weight excluding hydrogens is 276 g/mol. The smallest absolute Gasteiger partial charge is 0.335 e. The molecule has 0 aliphatic heterocycles. The van der Waals surface area contributed by atoms with Crippen LogP contribution in [0.15, 0.2) is 48.5 Å². The molecule has 0 atom stereocenters. The predicted molar refractivity (Wildman–Crippen MR) is 76.3 cm³/mol. The van der Waals surface area contributed by atoms with Crippen molar-refractivity contribution in [3.8, 4) is 0 Å². The molecule has 0 aromatic heterocycles. The minimum absolute atomic E-state index is 0.00407. The van der Waals surface area contributed by atoms with E-state index in [4.69, 9.17) is 10.8 Å². The van der Waals surface area contributed by atoms with Gasteiger partial charge in [-0.2, -0.15) is 0 Å². The van der Waals surface area contributed by atoms with Crippen LogP contribution in [-0.2, 0) is 0 Å². The number of aromatic carboxylic acids is 1. The molecule has 2 rings (SSSR count). The van der Waals surface area contributed by atoms with E-state index >= 15 is 0 Å². The van der Waals surface area contributed by atoms with E-state index in [9.17, 15) is 19.7 Å². The molecule has 7 nitrogen and oxygen atoms in total. The largest absolute Gasteiger partial charge is 0.478 e. The van der Waals surface area contributed by atoms with Crippen molar-refractivity contribution in [1.29, 1.82) is 0 Å². The van der Waals surface area contributed by atoms with Gasteiger partial charge in [0.15, 0.2) is 0 Å². The van der Waals surface area contributed by atoms with Gasteiger partial charge >= 0.3 is 5.97 Å². The zero-order valence-electron chi connectivity index (χ0n) is 10.8. The number of nitro groups is 1. The zero-order chi connectivity index (χ0) is 15.8. The Hall–Kier alpha value is -3.22. The molecule has 21 heavy (non-hydrogen) atoms. The minimum Gasteiger partial charge on any atom is -0.478 e. The van der Waals surface area contributed by atoms with E-state index in [2.05, 4.69) is 0 Å². The topological polar surface area (TPSA) is 124 Å². The van der Waals surface area contributed by atoms with E-state index in [0.29, 0.717) is 17.5 Å². The molecular formula is C14H12N2O5. The van der Waals surface area contributed by atoms with Gasteiger partial charge in [-0.1, -0.05) is 0 Å². The summed E-state index contributed by atoms with van der Waals surface area (Å²) in [7, 11) is 0. The number of hydrogen-bond acceptors (Lipinski definition) is 5. The molecule has 0 aliphatic rings. The fourth-order valence-electron chi connectivity index (χ4n) is 1.30. The molecule has 0 bridgehead atoms. The lowest BCUT2D eigenvalue weighted by Gasteiger charge is -1.93. The Kier molecular flexibility index (Phi) is 5.57. The first-order valence-electron chi connectivity index (χ1n) is 5.72. The van der Waals surface area contributed by atoms with Crippen LogP contribution in [0.3, 0.4) is 0 Å². The number of carboxylic acid groups (broad SMARTS) is 1. The van der Waals surface area contributed by atoms with Gasteiger partial charge < -0.3 is 10.8 Å². The van der Waals surface area contributed by atoms with Crippen LogP contribution in [0.4, 0.5) is 11.4 Å². The number of nitrogen functional groups attached to an aromatic ring is 1. The van der Waals surface area contributed by atoms with Gasteiger partial charge in [-0.3, -0.25) is 14.9 Å². The number of carbonyl (C=O) groups excluding carboxylic acids is 1. The zero-order valence-corrected chi connectivity index (χ0v) is 10.8. The summed E-state index contributed by atoms with van der Waals surface area (Å²) in [6.45, 7) is 0. The first kappa shape index (κ1) is 15.8. The Bertz CT molecular complexity index is 635. The van der Waals surface area contributed by atoms with Crippen LogP contribution in [0.5, 0.6) is 0 Å². The van der Waals surface area contributed by atoms with Gasteiger partial charge in [0.05, 0.1) is 10.5 Å². The highest BCUT2D eigenvalue weighted by molar-refractivity contribution is 5.87. The monoisotopic (exact) mass is 288 g/mol. The standard InChI is InChI=1S/C7H5NO3.C7H7NO2/c9-5-6-1-3-7(4-2-6)8(10)11;8-6-3-1-5(2-4-6)7(9)10/h1-5H;1-4H,8H2,(H,9,10). The number of carboxylic acids is 1. The van der Waals surface area contributed by atoms with Crippen molar-refractivity contribution in [2.45, 2.75) is 0 Å². The van der Waals surface area contributed by atoms with Crippen LogP contribution in [0.2, 0.25) is 0 Å². The van der Waals surface area contributed by atoms with Crippen molar-refractivity contribution in [2.75, 3.05) is 5.73 Å². The minimum atomic E-state index is -0.931. The Balaban J connectivity index is 0.000000211. The van der Waals surface area contributed by atoms with E-state index in [1.807, 2.05) is 0 Å². The average molecular weight is 288 g/mol. The number of nitrogens with zero attached hydrogens (tertiary/aromatic N) is 1. The first-order valence-corrected chi connectivity index (χ1v) is 5.72. The van der Waals surface area contributed by atoms with Gasteiger partial charge in [-0.15, -0.1) is 0 Å². The van der Waals surface area contributed by atoms with Gasteiger partial charge in [0.25, 0.3) is 5.69 Å². The van der Waals surface area contributed by atoms with Gasteiger partial charge in [0.1, 0.15) is 6.29 Å². The summed E-state index contributed by atoms with van der Waals surface area (Å²) >= 11 is 0. The molecule has 0 heterocycles. The second-order valence-corrected chi connectivity index (χ2v) is 3.89. The molecule has 2 aromatic rings. The van der Waals surface area contributed by atoms with Crippen molar-refractivity contribution in [1.82, 2.24) is 0 Å². The van der Waals surface area contributed by atoms with E-state index < -0.39 is 10.9 Å². The van der Waals surface area contributed by atoms with Gasteiger partial charge in [-0.25, -0.2) is 4.79 Å². The normalized spacial score (nSPS) is 9.14. The molecule has 0 fully saturated rings. The van der Waals surface area contributed by atoms with Crippen molar-refractivity contribution in [3.63, 3.8) is 0 Å². The second kappa shape index (κ2) is 7.39. The molecule has 0 radical (unpaired) electrons. The highest BCUT2D eigenvalue weighted by Crippen LogP contribution is 2.10. The molecule has 3 N–H and O–H groups in total. The highest BCUT2D eigenvalue weighted by atomic mass is 16.6. The molecule has 0 unspecified atom stereocenters.